The van der Waals surface area contributed by atoms with E-state index in [1.807, 2.05) is 0 Å². The lowest BCUT2D eigenvalue weighted by Gasteiger charge is -2.53. The Morgan fingerprint density at radius 1 is 0.531 bits per heavy atom. The maximum Gasteiger partial charge on any atom is 0.364 e. The molecule has 0 aromatic heterocycles. The highest BCUT2D eigenvalue weighted by atomic mass is 16.8. The number of rotatable bonds is 22. The highest BCUT2D eigenvalue weighted by Crippen LogP contribution is 2.41. The van der Waals surface area contributed by atoms with Gasteiger partial charge in [0.25, 0.3) is 5.79 Å². The summed E-state index contributed by atoms with van der Waals surface area (Å²) in [6, 6.07) is -3.73. The molecule has 6 fully saturated rings. The van der Waals surface area contributed by atoms with Crippen molar-refractivity contribution in [2.24, 2.45) is 0 Å². The van der Waals surface area contributed by atoms with Gasteiger partial charge in [-0.3, -0.25) is 9.59 Å². The average molecular weight is 1190 g/mol. The standard InChI is InChI=1S/C46H78N2O33/c1-12(2)70-41-32(66)30(64)34(20(10-52)74-41)76-43-33(67)38(81-46(45(68)69)6-16(56)22(47-14(4)54)37(80-46)25(59)17(57)7-49)35(21(11-53)75-43)77-40-23(48-15(5)55)36(27(61)19(9-51)72-40)78-44-39(29(63)26(60)18(8-50)73-44)79-42-31(65)28(62)24(58)13(3)71-42/h12-13,16-44,49-53,56-67H,6-11H2,1-5H3,(H,47,54)(H,48,55)(H,68,69)/t13?,16-,17-,18?,19?,20?,21?,22-,23?,24-,25-,26+,27+,28+,29?,30?,31?,32+,33?,34-,35+,36-,37?,38?,39+,40-,41-,42+,43+,44+,46+/m1/s1. The molecule has 35 heteroatoms. The second-order valence-electron chi connectivity index (χ2n) is 20.8. The van der Waals surface area contributed by atoms with Gasteiger partial charge in [0, 0.05) is 20.3 Å². The summed E-state index contributed by atoms with van der Waals surface area (Å²) in [5.41, 5.74) is 0. The number of hydrogen-bond donors (Lipinski definition) is 20. The molecule has 0 bridgehead atoms. The van der Waals surface area contributed by atoms with Crippen LogP contribution in [0.25, 0.3) is 0 Å². The average Bonchev–Trinajstić information content (AvgIpc) is 3.60. The molecule has 0 aliphatic carbocycles. The summed E-state index contributed by atoms with van der Waals surface area (Å²) in [4.78, 5) is 39.1. The minimum atomic E-state index is -3.37. The van der Waals surface area contributed by atoms with Gasteiger partial charge in [0.1, 0.15) is 134 Å². The summed E-state index contributed by atoms with van der Waals surface area (Å²) in [7, 11) is 0. The number of ether oxygens (including phenoxy) is 12. The van der Waals surface area contributed by atoms with Crippen molar-refractivity contribution >= 4 is 17.8 Å². The summed E-state index contributed by atoms with van der Waals surface area (Å²) in [5.74, 6) is -7.36. The highest BCUT2D eigenvalue weighted by molar-refractivity contribution is 5.76. The fourth-order valence-corrected chi connectivity index (χ4v) is 10.3. The zero-order valence-corrected chi connectivity index (χ0v) is 44.3. The van der Waals surface area contributed by atoms with Crippen molar-refractivity contribution in [2.75, 3.05) is 33.0 Å². The molecule has 470 valence electrons. The Kier molecular flexibility index (Phi) is 23.8. The third-order valence-electron chi connectivity index (χ3n) is 14.6. The van der Waals surface area contributed by atoms with Crippen molar-refractivity contribution < 1.29 is 163 Å². The van der Waals surface area contributed by atoms with Crippen LogP contribution < -0.4 is 10.6 Å². The molecule has 31 atom stereocenters. The van der Waals surface area contributed by atoms with E-state index in [1.54, 1.807) is 13.8 Å². The van der Waals surface area contributed by atoms with Gasteiger partial charge >= 0.3 is 5.97 Å². The molecule has 20 N–H and O–H groups in total. The third kappa shape index (κ3) is 14.7. The van der Waals surface area contributed by atoms with Gasteiger partial charge in [-0.05, 0) is 20.8 Å². The number of aliphatic hydroxyl groups excluding tert-OH is 17. The van der Waals surface area contributed by atoms with Gasteiger partial charge in [0.05, 0.1) is 57.4 Å². The van der Waals surface area contributed by atoms with Gasteiger partial charge < -0.3 is 159 Å². The van der Waals surface area contributed by atoms with Crippen molar-refractivity contribution in [3.63, 3.8) is 0 Å². The maximum atomic E-state index is 13.6. The topological polar surface area (TPSA) is 550 Å². The lowest BCUT2D eigenvalue weighted by Crippen LogP contribution is -2.72. The molecule has 6 aliphatic heterocycles. The number of aliphatic hydroxyl groups is 17. The Balaban J connectivity index is 1.43. The molecular formula is C46H78N2O33. The molecule has 81 heavy (non-hydrogen) atoms. The first kappa shape index (κ1) is 67.4. The number of carbonyl (C=O) groups is 3. The maximum absolute atomic E-state index is 13.6. The molecular weight excluding hydrogens is 1110 g/mol. The van der Waals surface area contributed by atoms with Crippen LogP contribution in [0.4, 0.5) is 0 Å². The molecule has 6 aliphatic rings. The minimum Gasteiger partial charge on any atom is -0.477 e. The number of carbonyl (C=O) groups excluding carboxylic acids is 2. The highest BCUT2D eigenvalue weighted by Gasteiger charge is 2.62. The zero-order chi connectivity index (χ0) is 60.3. The Hall–Kier alpha value is -2.75. The molecule has 0 radical (unpaired) electrons. The van der Waals surface area contributed by atoms with Gasteiger partial charge in [-0.25, -0.2) is 4.79 Å². The number of amides is 2. The number of nitrogens with one attached hydrogen (secondary N) is 2. The lowest BCUT2D eigenvalue weighted by molar-refractivity contribution is -0.405. The molecule has 6 heterocycles. The first-order valence-corrected chi connectivity index (χ1v) is 26.0. The molecule has 0 saturated carbocycles. The van der Waals surface area contributed by atoms with Crippen molar-refractivity contribution in [3.05, 3.63) is 0 Å². The van der Waals surface area contributed by atoms with Crippen molar-refractivity contribution in [3.8, 4) is 0 Å². The van der Waals surface area contributed by atoms with Gasteiger partial charge in [-0.2, -0.15) is 0 Å². The van der Waals surface area contributed by atoms with E-state index < -0.39 is 253 Å². The molecule has 35 nitrogen and oxygen atoms in total. The summed E-state index contributed by atoms with van der Waals surface area (Å²) in [6.07, 6.45) is -58.1. The molecule has 2 amide bonds. The summed E-state index contributed by atoms with van der Waals surface area (Å²) in [6.45, 7) is 0.776. The molecule has 0 aromatic carbocycles. The number of carboxylic acids is 1. The predicted molar refractivity (Wildman–Crippen MR) is 252 cm³/mol. The van der Waals surface area contributed by atoms with Crippen LogP contribution in [0.15, 0.2) is 0 Å². The van der Waals surface area contributed by atoms with E-state index >= 15 is 0 Å². The SMILES string of the molecule is CC(=O)NC1[C@@H](O[C@H]2C(CO)O[C@@H](O[C@@H]3C(CO)O[C@@H](OC(C)C)[C@@H](O)C3O)C(O)C2O[C@]2(C(=O)O)C[C@@H](O)[C@@H](NC(C)=O)C([C@H](O)[C@H](O)CO)O2)OC(CO)[C@H](O)[C@@H]1O[C@@H]1OC(CO)[C@H](O)C(O)[C@@H]1O[C@@H]1OC(C)[C@@H](O)[C@H](O)C1O. The van der Waals surface area contributed by atoms with Crippen molar-refractivity contribution in [1.82, 2.24) is 10.6 Å². The van der Waals surface area contributed by atoms with Crippen molar-refractivity contribution in [1.29, 1.82) is 0 Å². The molecule has 6 saturated heterocycles. The van der Waals surface area contributed by atoms with E-state index in [2.05, 4.69) is 10.6 Å². The van der Waals surface area contributed by atoms with Crippen molar-refractivity contribution in [2.45, 2.75) is 237 Å². The van der Waals surface area contributed by atoms with Gasteiger partial charge in [0.2, 0.25) is 11.8 Å². The smallest absolute Gasteiger partial charge is 0.364 e. The Morgan fingerprint density at radius 3 is 1.58 bits per heavy atom. The Labute approximate surface area is 460 Å². The van der Waals surface area contributed by atoms with Crippen LogP contribution in [-0.4, -0.2) is 339 Å². The first-order valence-electron chi connectivity index (χ1n) is 26.0. The van der Waals surface area contributed by atoms with E-state index in [0.29, 0.717) is 0 Å². The first-order chi connectivity index (χ1) is 38.1. The van der Waals surface area contributed by atoms with Crippen LogP contribution in [0.2, 0.25) is 0 Å². The van der Waals surface area contributed by atoms with E-state index in [4.69, 9.17) is 56.8 Å². The number of aliphatic carboxylic acids is 1. The van der Waals surface area contributed by atoms with Gasteiger partial charge in [0.15, 0.2) is 31.5 Å². The van der Waals surface area contributed by atoms with E-state index in [9.17, 15) is 106 Å². The monoisotopic (exact) mass is 1190 g/mol. The Morgan fingerprint density at radius 2 is 1.01 bits per heavy atom. The van der Waals surface area contributed by atoms with Crippen LogP contribution in [0, 0.1) is 0 Å². The van der Waals surface area contributed by atoms with E-state index in [1.165, 1.54) is 6.92 Å². The second-order valence-corrected chi connectivity index (χ2v) is 20.8. The predicted octanol–water partition coefficient (Wildman–Crippen LogP) is -12.1. The molecule has 0 spiro atoms. The van der Waals surface area contributed by atoms with Gasteiger partial charge in [-0.15, -0.1) is 0 Å². The normalized spacial score (nSPS) is 46.9. The quantitative estimate of drug-likeness (QED) is 0.0479. The fraction of sp³-hybridized carbons (Fsp3) is 0.935. The minimum absolute atomic E-state index is 0.600. The lowest BCUT2D eigenvalue weighted by atomic mass is 9.88. The number of hydrogen-bond acceptors (Lipinski definition) is 32. The van der Waals surface area contributed by atoms with Crippen LogP contribution in [0.5, 0.6) is 0 Å². The van der Waals surface area contributed by atoms with Crippen LogP contribution in [-0.2, 0) is 71.2 Å². The van der Waals surface area contributed by atoms with E-state index in [-0.39, 0.29) is 0 Å². The Bertz CT molecular complexity index is 2020. The molecule has 0 aromatic rings. The number of carboxylic acid groups (broad SMARTS) is 1. The third-order valence-corrected chi connectivity index (χ3v) is 14.6. The second kappa shape index (κ2) is 28.6. The summed E-state index contributed by atoms with van der Waals surface area (Å²) < 4.78 is 70.5. The summed E-state index contributed by atoms with van der Waals surface area (Å²) in [5, 5.41) is 201. The zero-order valence-electron chi connectivity index (χ0n) is 44.3. The van der Waals surface area contributed by atoms with Gasteiger partial charge in [-0.1, -0.05) is 0 Å². The van der Waals surface area contributed by atoms with Crippen LogP contribution in [0.1, 0.15) is 41.0 Å². The fourth-order valence-electron chi connectivity index (χ4n) is 10.3. The van der Waals surface area contributed by atoms with E-state index in [0.717, 1.165) is 13.8 Å². The molecule has 12 unspecified atom stereocenters. The van der Waals surface area contributed by atoms with Crippen LogP contribution >= 0.6 is 0 Å². The molecule has 6 rings (SSSR count). The largest absolute Gasteiger partial charge is 0.477 e. The summed E-state index contributed by atoms with van der Waals surface area (Å²) >= 11 is 0. The van der Waals surface area contributed by atoms with Crippen LogP contribution in [0.3, 0.4) is 0 Å².